The van der Waals surface area contributed by atoms with E-state index in [0.29, 0.717) is 6.54 Å². The van der Waals surface area contributed by atoms with E-state index in [0.717, 1.165) is 31.1 Å². The first-order valence-corrected chi connectivity index (χ1v) is 15.4. The molecule has 1 amide bonds. The van der Waals surface area contributed by atoms with Crippen LogP contribution in [0.25, 0.3) is 0 Å². The van der Waals surface area contributed by atoms with Gasteiger partial charge in [-0.25, -0.2) is 8.42 Å². The summed E-state index contributed by atoms with van der Waals surface area (Å²) in [4.78, 5) is 15.4. The molecule has 194 valence electrons. The van der Waals surface area contributed by atoms with Crippen LogP contribution in [-0.4, -0.2) is 50.9 Å². The highest BCUT2D eigenvalue weighted by Crippen LogP contribution is 2.55. The van der Waals surface area contributed by atoms with Gasteiger partial charge in [0.25, 0.3) is 15.9 Å². The second-order valence-corrected chi connectivity index (χ2v) is 13.5. The Morgan fingerprint density at radius 2 is 1.86 bits per heavy atom. The lowest BCUT2D eigenvalue weighted by atomic mass is 9.77. The van der Waals surface area contributed by atoms with Gasteiger partial charge in [0.05, 0.1) is 11.9 Å². The molecule has 37 heavy (non-hydrogen) atoms. The van der Waals surface area contributed by atoms with Gasteiger partial charge in [-0.05, 0) is 54.9 Å². The summed E-state index contributed by atoms with van der Waals surface area (Å²) in [7, 11) is -7.92. The van der Waals surface area contributed by atoms with E-state index in [1.807, 2.05) is 30.3 Å². The summed E-state index contributed by atoms with van der Waals surface area (Å²) < 4.78 is 55.6. The third kappa shape index (κ3) is 4.08. The van der Waals surface area contributed by atoms with Crippen molar-refractivity contribution in [1.82, 2.24) is 4.90 Å². The molecule has 10 nitrogen and oxygen atoms in total. The van der Waals surface area contributed by atoms with Crippen LogP contribution in [0.2, 0.25) is 0 Å². The third-order valence-corrected chi connectivity index (χ3v) is 9.66. The highest BCUT2D eigenvalue weighted by molar-refractivity contribution is 7.92. The summed E-state index contributed by atoms with van der Waals surface area (Å²) in [6, 6.07) is 13.4. The van der Waals surface area contributed by atoms with Crippen LogP contribution >= 0.6 is 0 Å². The number of aliphatic hydroxyl groups excluding tert-OH is 1. The Hall–Kier alpha value is -3.38. The number of fused-ring (bicyclic) bond motifs is 6. The largest absolute Gasteiger partial charge is 0.511 e. The van der Waals surface area contributed by atoms with Crippen LogP contribution in [0, 0.1) is 17.8 Å². The Kier molecular flexibility index (Phi) is 5.39. The molecule has 4 aliphatic rings. The van der Waals surface area contributed by atoms with E-state index < -0.39 is 26.0 Å². The Labute approximate surface area is 215 Å². The minimum absolute atomic E-state index is 0.0694. The standard InChI is InChI=1S/C25H26N4O6S2/c1-36(32,33)27-17-9-10-18-19(12-17)37(34,35)28-24(26-18)21-23(30)20-15-7-8-16(11-15)22(20)29(25(21)31)13-14-5-3-2-4-6-14/h2-6,9-10,12,15-16,20,22,27,30H,7-8,11,13H2,1H3,(H,26,28)/t15-,16+,20?,22?/m0/s1. The van der Waals surface area contributed by atoms with Crippen LogP contribution in [0.1, 0.15) is 24.8 Å². The van der Waals surface area contributed by atoms with Gasteiger partial charge in [-0.15, -0.1) is 4.40 Å². The Morgan fingerprint density at radius 3 is 2.59 bits per heavy atom. The quantitative estimate of drug-likeness (QED) is 0.527. The number of carbonyl (C=O) groups excluding carboxylic acids is 1. The molecule has 2 aromatic carbocycles. The number of hydrogen-bond donors (Lipinski definition) is 3. The van der Waals surface area contributed by atoms with Gasteiger partial charge < -0.3 is 15.3 Å². The molecule has 2 bridgehead atoms. The molecule has 0 aromatic heterocycles. The second-order valence-electron chi connectivity index (χ2n) is 10.2. The van der Waals surface area contributed by atoms with Crippen LogP contribution in [0.5, 0.6) is 0 Å². The van der Waals surface area contributed by atoms with Gasteiger partial charge in [0.2, 0.25) is 10.0 Å². The van der Waals surface area contributed by atoms with Crippen molar-refractivity contribution < 1.29 is 26.7 Å². The molecule has 4 atom stereocenters. The minimum Gasteiger partial charge on any atom is -0.511 e. The average Bonchev–Trinajstić information content (AvgIpc) is 3.44. The second kappa shape index (κ2) is 8.32. The lowest BCUT2D eigenvalue weighted by Gasteiger charge is -2.44. The van der Waals surface area contributed by atoms with Gasteiger partial charge in [-0.1, -0.05) is 30.3 Å². The van der Waals surface area contributed by atoms with Crippen molar-refractivity contribution in [2.24, 2.45) is 22.2 Å². The summed E-state index contributed by atoms with van der Waals surface area (Å²) in [6.07, 6.45) is 3.83. The maximum Gasteiger partial charge on any atom is 0.286 e. The molecule has 2 unspecified atom stereocenters. The Balaban J connectivity index is 1.42. The molecule has 12 heteroatoms. The minimum atomic E-state index is -4.30. The van der Waals surface area contributed by atoms with Crippen molar-refractivity contribution in [2.75, 3.05) is 16.3 Å². The molecular formula is C25H26N4O6S2. The fraction of sp³-hybridized carbons (Fsp3) is 0.360. The van der Waals surface area contributed by atoms with Crippen LogP contribution in [0.4, 0.5) is 11.4 Å². The number of anilines is 2. The van der Waals surface area contributed by atoms with E-state index in [4.69, 9.17) is 0 Å². The van der Waals surface area contributed by atoms with Crippen molar-refractivity contribution in [3.05, 3.63) is 65.4 Å². The Morgan fingerprint density at radius 1 is 1.14 bits per heavy atom. The highest BCUT2D eigenvalue weighted by Gasteiger charge is 2.57. The van der Waals surface area contributed by atoms with E-state index >= 15 is 0 Å². The smallest absolute Gasteiger partial charge is 0.286 e. The topological polar surface area (TPSA) is 145 Å². The van der Waals surface area contributed by atoms with Gasteiger partial charge in [-0.2, -0.15) is 8.42 Å². The molecule has 3 N–H and O–H groups in total. The van der Waals surface area contributed by atoms with Gasteiger partial charge in [-0.3, -0.25) is 9.52 Å². The van der Waals surface area contributed by atoms with Gasteiger partial charge in [0, 0.05) is 24.2 Å². The number of amidine groups is 1. The monoisotopic (exact) mass is 542 g/mol. The van der Waals surface area contributed by atoms with Crippen molar-refractivity contribution in [3.8, 4) is 0 Å². The number of benzene rings is 2. The van der Waals surface area contributed by atoms with Crippen LogP contribution < -0.4 is 10.0 Å². The van der Waals surface area contributed by atoms with Crippen molar-refractivity contribution in [1.29, 1.82) is 0 Å². The van der Waals surface area contributed by atoms with Crippen molar-refractivity contribution >= 4 is 43.2 Å². The van der Waals surface area contributed by atoms with E-state index in [1.54, 1.807) is 4.90 Å². The average molecular weight is 543 g/mol. The molecule has 2 heterocycles. The SMILES string of the molecule is CS(=O)(=O)Nc1ccc2c(c1)S(=O)(=O)N=C(C1=C(O)C3C([C@@H]4CC[C@H]3C4)N(Cc3ccccc3)C1=O)N2. The summed E-state index contributed by atoms with van der Waals surface area (Å²) in [5.41, 5.74) is 1.03. The van der Waals surface area contributed by atoms with E-state index in [9.17, 15) is 26.7 Å². The number of rotatable bonds is 5. The van der Waals surface area contributed by atoms with Crippen LogP contribution in [-0.2, 0) is 31.4 Å². The predicted octanol–water partition coefficient (Wildman–Crippen LogP) is 2.84. The highest BCUT2D eigenvalue weighted by atomic mass is 32.2. The number of nitrogens with one attached hydrogen (secondary N) is 2. The maximum absolute atomic E-state index is 13.9. The van der Waals surface area contributed by atoms with E-state index in [-0.39, 0.29) is 57.2 Å². The summed E-state index contributed by atoms with van der Waals surface area (Å²) >= 11 is 0. The molecule has 0 saturated heterocycles. The lowest BCUT2D eigenvalue weighted by molar-refractivity contribution is -0.134. The first-order chi connectivity index (χ1) is 17.5. The van der Waals surface area contributed by atoms with Crippen molar-refractivity contribution in [3.63, 3.8) is 0 Å². The van der Waals surface area contributed by atoms with Crippen LogP contribution in [0.3, 0.4) is 0 Å². The number of sulfonamides is 2. The number of nitrogens with zero attached hydrogens (tertiary/aromatic N) is 2. The zero-order valence-corrected chi connectivity index (χ0v) is 21.6. The van der Waals surface area contributed by atoms with Crippen LogP contribution in [0.15, 0.2) is 69.2 Å². The fourth-order valence-electron chi connectivity index (χ4n) is 6.37. The maximum atomic E-state index is 13.9. The molecule has 2 fully saturated rings. The number of amides is 1. The summed E-state index contributed by atoms with van der Waals surface area (Å²) in [6.45, 7) is 0.345. The normalized spacial score (nSPS) is 27.9. The Bertz CT molecular complexity index is 1580. The summed E-state index contributed by atoms with van der Waals surface area (Å²) in [5, 5.41) is 14.3. The lowest BCUT2D eigenvalue weighted by Crippen LogP contribution is -2.53. The van der Waals surface area contributed by atoms with Gasteiger partial charge in [0.15, 0.2) is 5.84 Å². The molecule has 0 radical (unpaired) electrons. The summed E-state index contributed by atoms with van der Waals surface area (Å²) in [5.74, 6) is -0.558. The molecular weight excluding hydrogens is 516 g/mol. The predicted molar refractivity (Wildman–Crippen MR) is 138 cm³/mol. The van der Waals surface area contributed by atoms with Gasteiger partial charge >= 0.3 is 0 Å². The molecule has 2 saturated carbocycles. The molecule has 2 aliphatic carbocycles. The van der Waals surface area contributed by atoms with E-state index in [1.165, 1.54) is 18.2 Å². The zero-order valence-electron chi connectivity index (χ0n) is 20.0. The molecule has 2 aromatic rings. The first-order valence-electron chi connectivity index (χ1n) is 12.0. The van der Waals surface area contributed by atoms with E-state index in [2.05, 4.69) is 14.4 Å². The van der Waals surface area contributed by atoms with Gasteiger partial charge in [0.1, 0.15) is 16.2 Å². The third-order valence-electron chi connectivity index (χ3n) is 7.74. The molecule has 6 rings (SSSR count). The first kappa shape index (κ1) is 24.0. The fourth-order valence-corrected chi connectivity index (χ4v) is 8.08. The molecule has 0 spiro atoms. The number of aliphatic hydroxyl groups is 1. The number of carbonyl (C=O) groups is 1. The number of hydrogen-bond acceptors (Lipinski definition) is 7. The molecule has 2 aliphatic heterocycles. The zero-order chi connectivity index (χ0) is 26.1. The van der Waals surface area contributed by atoms with Crippen molar-refractivity contribution in [2.45, 2.75) is 36.7 Å².